The van der Waals surface area contributed by atoms with Gasteiger partial charge in [0.25, 0.3) is 0 Å². The molecule has 1 aliphatic heterocycles. The maximum Gasteiger partial charge on any atom is 0.244 e. The lowest BCUT2D eigenvalue weighted by molar-refractivity contribution is -0.140. The first kappa shape index (κ1) is 28.9. The van der Waals surface area contributed by atoms with Gasteiger partial charge in [-0.2, -0.15) is 0 Å². The number of nitrogens with zero attached hydrogens (tertiary/aromatic N) is 2. The summed E-state index contributed by atoms with van der Waals surface area (Å²) >= 11 is 12.2. The van der Waals surface area contributed by atoms with Crippen LogP contribution in [0.5, 0.6) is 11.5 Å². The summed E-state index contributed by atoms with van der Waals surface area (Å²) in [6.45, 7) is 5.15. The van der Waals surface area contributed by atoms with Crippen molar-refractivity contribution in [1.82, 2.24) is 10.2 Å². The number of sulfonamides is 1. The van der Waals surface area contributed by atoms with Crippen molar-refractivity contribution in [1.29, 1.82) is 0 Å². The molecule has 202 valence electrons. The fraction of sp³-hybridized carbons (Fsp3) is 0.440. The summed E-state index contributed by atoms with van der Waals surface area (Å²) in [4.78, 5) is 28.3. The number of hydrogen-bond donors (Lipinski definition) is 1. The number of fused-ring (bicyclic) bond motifs is 1. The van der Waals surface area contributed by atoms with E-state index in [4.69, 9.17) is 32.7 Å². The fourth-order valence-corrected chi connectivity index (χ4v) is 5.01. The monoisotopic (exact) mass is 571 g/mol. The quantitative estimate of drug-likeness (QED) is 0.433. The number of benzene rings is 2. The van der Waals surface area contributed by atoms with E-state index in [0.29, 0.717) is 33.5 Å². The minimum atomic E-state index is -3.87. The molecule has 2 aromatic carbocycles. The molecule has 1 N–H and O–H groups in total. The molecule has 9 nitrogen and oxygen atoms in total. The fourth-order valence-electron chi connectivity index (χ4n) is 3.85. The van der Waals surface area contributed by atoms with Gasteiger partial charge in [0, 0.05) is 18.7 Å². The number of carbonyl (C=O) groups is 2. The first-order valence-electron chi connectivity index (χ1n) is 11.9. The maximum atomic E-state index is 13.7. The highest BCUT2D eigenvalue weighted by Crippen LogP contribution is 2.36. The number of nitrogens with one attached hydrogen (secondary N) is 1. The second kappa shape index (κ2) is 12.2. The lowest BCUT2D eigenvalue weighted by atomic mass is 10.1. The van der Waals surface area contributed by atoms with E-state index in [-0.39, 0.29) is 31.0 Å². The lowest BCUT2D eigenvalue weighted by Crippen LogP contribution is -2.53. The van der Waals surface area contributed by atoms with Crippen LogP contribution in [0.15, 0.2) is 36.4 Å². The van der Waals surface area contributed by atoms with Gasteiger partial charge in [0.15, 0.2) is 11.5 Å². The van der Waals surface area contributed by atoms with Crippen LogP contribution in [0, 0.1) is 0 Å². The lowest BCUT2D eigenvalue weighted by Gasteiger charge is -2.33. The predicted octanol–water partition coefficient (Wildman–Crippen LogP) is 4.21. The Morgan fingerprint density at radius 1 is 1.03 bits per heavy atom. The van der Waals surface area contributed by atoms with Gasteiger partial charge in [-0.25, -0.2) is 8.42 Å². The van der Waals surface area contributed by atoms with E-state index in [1.165, 1.54) is 17.0 Å². The number of halogens is 2. The summed E-state index contributed by atoms with van der Waals surface area (Å²) in [7, 11) is -3.87. The molecule has 1 aliphatic rings. The molecule has 0 aromatic heterocycles. The molecule has 0 bridgehead atoms. The molecule has 0 saturated heterocycles. The van der Waals surface area contributed by atoms with E-state index >= 15 is 0 Å². The second-order valence-corrected chi connectivity index (χ2v) is 11.5. The highest BCUT2D eigenvalue weighted by Gasteiger charge is 2.32. The zero-order valence-corrected chi connectivity index (χ0v) is 23.5. The van der Waals surface area contributed by atoms with Crippen LogP contribution in [-0.4, -0.2) is 56.8 Å². The number of rotatable bonds is 11. The molecule has 1 heterocycles. The smallest absolute Gasteiger partial charge is 0.244 e. The third-order valence-electron chi connectivity index (χ3n) is 6.05. The maximum absolute atomic E-state index is 13.7. The molecule has 0 unspecified atom stereocenters. The summed E-state index contributed by atoms with van der Waals surface area (Å²) in [6.07, 6.45) is 2.05. The number of amides is 2. The molecular formula is C25H31Cl2N3O6S. The van der Waals surface area contributed by atoms with Crippen molar-refractivity contribution < 1.29 is 27.5 Å². The van der Waals surface area contributed by atoms with Gasteiger partial charge in [0.1, 0.15) is 12.6 Å². The first-order chi connectivity index (χ1) is 17.4. The van der Waals surface area contributed by atoms with Crippen LogP contribution in [-0.2, 0) is 26.2 Å². The highest BCUT2D eigenvalue weighted by molar-refractivity contribution is 7.92. The number of hydrogen-bond acceptors (Lipinski definition) is 6. The topological polar surface area (TPSA) is 105 Å². The Morgan fingerprint density at radius 3 is 2.35 bits per heavy atom. The van der Waals surface area contributed by atoms with Gasteiger partial charge in [0.2, 0.25) is 28.6 Å². The largest absolute Gasteiger partial charge is 0.454 e. The Bertz CT molecular complexity index is 1260. The summed E-state index contributed by atoms with van der Waals surface area (Å²) in [5.41, 5.74) is 0.887. The van der Waals surface area contributed by atoms with Crippen molar-refractivity contribution in [3.8, 4) is 11.5 Å². The van der Waals surface area contributed by atoms with Crippen LogP contribution in [0.1, 0.15) is 39.2 Å². The van der Waals surface area contributed by atoms with Crippen molar-refractivity contribution in [3.63, 3.8) is 0 Å². The molecule has 37 heavy (non-hydrogen) atoms. The molecule has 0 fully saturated rings. The summed E-state index contributed by atoms with van der Waals surface area (Å²) < 4.78 is 37.2. The van der Waals surface area contributed by atoms with Crippen LogP contribution in [0.25, 0.3) is 0 Å². The Kier molecular flexibility index (Phi) is 9.55. The van der Waals surface area contributed by atoms with E-state index in [0.717, 1.165) is 17.0 Å². The third kappa shape index (κ3) is 7.21. The minimum absolute atomic E-state index is 0.0253. The van der Waals surface area contributed by atoms with Crippen LogP contribution in [0.4, 0.5) is 5.69 Å². The third-order valence-corrected chi connectivity index (χ3v) is 7.93. The van der Waals surface area contributed by atoms with Crippen LogP contribution >= 0.6 is 23.2 Å². The van der Waals surface area contributed by atoms with Gasteiger partial charge in [0.05, 0.1) is 22.0 Å². The Morgan fingerprint density at radius 2 is 1.73 bits per heavy atom. The number of anilines is 1. The van der Waals surface area contributed by atoms with Gasteiger partial charge in [-0.1, -0.05) is 43.1 Å². The van der Waals surface area contributed by atoms with Crippen molar-refractivity contribution >= 4 is 50.7 Å². The average Bonchev–Trinajstić information content (AvgIpc) is 3.31. The zero-order chi connectivity index (χ0) is 27.3. The van der Waals surface area contributed by atoms with Crippen LogP contribution in [0.3, 0.4) is 0 Å². The molecule has 0 saturated carbocycles. The standard InChI is InChI=1S/C25H31Cl2N3O6S/c1-5-16(3)28-25(32)21(6-2)29(13-17-7-9-19(26)20(27)11-17)24(31)14-30(37(4,33)34)18-8-10-22-23(12-18)36-15-35-22/h7-12,16,21H,5-6,13-15H2,1-4H3,(H,28,32)/t16-,21-/m0/s1. The minimum Gasteiger partial charge on any atom is -0.454 e. The van der Waals surface area contributed by atoms with Crippen molar-refractivity contribution in [2.24, 2.45) is 0 Å². The summed E-state index contributed by atoms with van der Waals surface area (Å²) in [5, 5.41) is 3.59. The van der Waals surface area contributed by atoms with Crippen molar-refractivity contribution in [3.05, 3.63) is 52.0 Å². The predicted molar refractivity (Wildman–Crippen MR) is 144 cm³/mol. The van der Waals surface area contributed by atoms with E-state index in [1.807, 2.05) is 13.8 Å². The molecule has 0 aliphatic carbocycles. The van der Waals surface area contributed by atoms with Gasteiger partial charge >= 0.3 is 0 Å². The van der Waals surface area contributed by atoms with E-state index in [9.17, 15) is 18.0 Å². The summed E-state index contributed by atoms with van der Waals surface area (Å²) in [6, 6.07) is 8.64. The van der Waals surface area contributed by atoms with Gasteiger partial charge in [-0.05, 0) is 49.6 Å². The number of carbonyl (C=O) groups excluding carboxylic acids is 2. The Hall–Kier alpha value is -2.69. The Labute approximate surface area is 227 Å². The Balaban J connectivity index is 1.96. The normalized spacial score (nSPS) is 14.1. The molecule has 0 radical (unpaired) electrons. The van der Waals surface area contributed by atoms with Gasteiger partial charge in [-0.15, -0.1) is 0 Å². The van der Waals surface area contributed by atoms with Crippen LogP contribution < -0.4 is 19.1 Å². The van der Waals surface area contributed by atoms with E-state index < -0.39 is 28.5 Å². The second-order valence-electron chi connectivity index (χ2n) is 8.82. The molecule has 3 rings (SSSR count). The van der Waals surface area contributed by atoms with E-state index in [1.54, 1.807) is 31.2 Å². The molecule has 2 atom stereocenters. The van der Waals surface area contributed by atoms with Crippen molar-refractivity contribution in [2.45, 2.75) is 52.2 Å². The summed E-state index contributed by atoms with van der Waals surface area (Å²) in [5.74, 6) is -0.0114. The van der Waals surface area contributed by atoms with Crippen LogP contribution in [0.2, 0.25) is 10.0 Å². The molecule has 2 aromatic rings. The highest BCUT2D eigenvalue weighted by atomic mass is 35.5. The SMILES string of the molecule is CC[C@H](C)NC(=O)[C@H](CC)N(Cc1ccc(Cl)c(Cl)c1)C(=O)CN(c1ccc2c(c1)OCO2)S(C)(=O)=O. The molecule has 0 spiro atoms. The molecular weight excluding hydrogens is 541 g/mol. The zero-order valence-electron chi connectivity index (χ0n) is 21.2. The van der Waals surface area contributed by atoms with Gasteiger partial charge < -0.3 is 19.7 Å². The number of ether oxygens (including phenoxy) is 2. The average molecular weight is 573 g/mol. The van der Waals surface area contributed by atoms with Gasteiger partial charge in [-0.3, -0.25) is 13.9 Å². The first-order valence-corrected chi connectivity index (χ1v) is 14.5. The van der Waals surface area contributed by atoms with E-state index in [2.05, 4.69) is 5.32 Å². The molecule has 2 amide bonds. The molecule has 12 heteroatoms. The van der Waals surface area contributed by atoms with Crippen molar-refractivity contribution in [2.75, 3.05) is 23.9 Å².